The lowest BCUT2D eigenvalue weighted by molar-refractivity contribution is 0.477. The molecule has 0 aromatic rings. The Kier molecular flexibility index (Phi) is 1.86. The molecule has 0 spiro atoms. The molecular formula is C7H12FN. The van der Waals surface area contributed by atoms with E-state index in [2.05, 4.69) is 0 Å². The lowest BCUT2D eigenvalue weighted by Crippen LogP contribution is -2.23. The molecule has 9 heavy (non-hydrogen) atoms. The molecule has 1 aliphatic carbocycles. The zero-order valence-corrected chi connectivity index (χ0v) is 5.65. The van der Waals surface area contributed by atoms with Crippen molar-refractivity contribution in [1.29, 1.82) is 0 Å². The van der Waals surface area contributed by atoms with Gasteiger partial charge in [0.25, 0.3) is 0 Å². The molecule has 0 bridgehead atoms. The van der Waals surface area contributed by atoms with Gasteiger partial charge < -0.3 is 5.73 Å². The van der Waals surface area contributed by atoms with Crippen LogP contribution in [0.25, 0.3) is 0 Å². The van der Waals surface area contributed by atoms with Crippen LogP contribution in [0, 0.1) is 0 Å². The molecule has 0 amide bonds. The van der Waals surface area contributed by atoms with E-state index in [9.17, 15) is 4.39 Å². The van der Waals surface area contributed by atoms with Crippen molar-refractivity contribution in [1.82, 2.24) is 0 Å². The number of hydrogen-bond donors (Lipinski definition) is 1. The van der Waals surface area contributed by atoms with E-state index in [4.69, 9.17) is 5.73 Å². The zero-order valence-electron chi connectivity index (χ0n) is 5.65. The maximum atomic E-state index is 12.6. The average molecular weight is 129 g/mol. The summed E-state index contributed by atoms with van der Waals surface area (Å²) in [5.41, 5.74) is 6.43. The second-order valence-corrected chi connectivity index (χ2v) is 2.69. The highest BCUT2D eigenvalue weighted by Gasteiger charge is 2.14. The lowest BCUT2D eigenvalue weighted by Gasteiger charge is -2.17. The van der Waals surface area contributed by atoms with Gasteiger partial charge in [0.1, 0.15) is 0 Å². The fourth-order valence-corrected chi connectivity index (χ4v) is 1.13. The van der Waals surface area contributed by atoms with Crippen LogP contribution < -0.4 is 5.73 Å². The highest BCUT2D eigenvalue weighted by atomic mass is 19.1. The first-order valence-corrected chi connectivity index (χ1v) is 3.30. The molecule has 0 saturated carbocycles. The van der Waals surface area contributed by atoms with E-state index in [1.807, 2.05) is 6.92 Å². The molecular weight excluding hydrogens is 117 g/mol. The average Bonchev–Trinajstić information content (AvgIpc) is 1.80. The van der Waals surface area contributed by atoms with Crippen LogP contribution in [0.3, 0.4) is 0 Å². The van der Waals surface area contributed by atoms with E-state index >= 15 is 0 Å². The Morgan fingerprint density at radius 2 is 2.33 bits per heavy atom. The van der Waals surface area contributed by atoms with Gasteiger partial charge in [-0.1, -0.05) is 0 Å². The van der Waals surface area contributed by atoms with E-state index in [-0.39, 0.29) is 11.9 Å². The number of hydrogen-bond acceptors (Lipinski definition) is 1. The molecule has 0 heterocycles. The van der Waals surface area contributed by atoms with Gasteiger partial charge in [-0.05, 0) is 25.3 Å². The van der Waals surface area contributed by atoms with Crippen LogP contribution in [-0.4, -0.2) is 6.04 Å². The molecule has 1 atom stereocenters. The molecule has 1 nitrogen and oxygen atoms in total. The van der Waals surface area contributed by atoms with Crippen molar-refractivity contribution in [3.05, 3.63) is 11.4 Å². The van der Waals surface area contributed by atoms with Crippen molar-refractivity contribution in [2.24, 2.45) is 5.73 Å². The normalized spacial score (nSPS) is 29.0. The number of nitrogens with two attached hydrogens (primary N) is 1. The fraction of sp³-hybridized carbons (Fsp3) is 0.714. The Bertz CT molecular complexity index is 140. The van der Waals surface area contributed by atoms with E-state index in [0.717, 1.165) is 18.4 Å². The van der Waals surface area contributed by atoms with Gasteiger partial charge in [0.05, 0.1) is 5.83 Å². The monoisotopic (exact) mass is 129 g/mol. The van der Waals surface area contributed by atoms with E-state index in [0.29, 0.717) is 6.42 Å². The standard InChI is InChI=1S/C7H12FN/c1-5-4-6(9)2-3-7(5)8/h6H,2-4,9H2,1H3. The minimum Gasteiger partial charge on any atom is -0.327 e. The van der Waals surface area contributed by atoms with Crippen molar-refractivity contribution in [3.63, 3.8) is 0 Å². The maximum Gasteiger partial charge on any atom is 0.0989 e. The van der Waals surface area contributed by atoms with Crippen LogP contribution in [0.1, 0.15) is 26.2 Å². The highest BCUT2D eigenvalue weighted by Crippen LogP contribution is 2.23. The predicted octanol–water partition coefficient (Wildman–Crippen LogP) is 1.74. The van der Waals surface area contributed by atoms with Crippen molar-refractivity contribution in [2.45, 2.75) is 32.2 Å². The fourth-order valence-electron chi connectivity index (χ4n) is 1.13. The summed E-state index contributed by atoms with van der Waals surface area (Å²) in [6, 6.07) is 0.199. The summed E-state index contributed by atoms with van der Waals surface area (Å²) >= 11 is 0. The summed E-state index contributed by atoms with van der Waals surface area (Å²) in [5.74, 6) is 0.0525. The molecule has 1 unspecified atom stereocenters. The summed E-state index contributed by atoms with van der Waals surface area (Å²) in [5, 5.41) is 0. The Balaban J connectivity index is 2.61. The zero-order chi connectivity index (χ0) is 6.85. The Morgan fingerprint density at radius 3 is 2.78 bits per heavy atom. The molecule has 2 heteroatoms. The largest absolute Gasteiger partial charge is 0.327 e. The Labute approximate surface area is 54.7 Å². The van der Waals surface area contributed by atoms with Gasteiger partial charge in [-0.3, -0.25) is 0 Å². The van der Waals surface area contributed by atoms with Crippen molar-refractivity contribution in [3.8, 4) is 0 Å². The number of rotatable bonds is 0. The van der Waals surface area contributed by atoms with Gasteiger partial charge in [0.2, 0.25) is 0 Å². The summed E-state index contributed by atoms with van der Waals surface area (Å²) < 4.78 is 12.6. The third-order valence-electron chi connectivity index (χ3n) is 1.77. The van der Waals surface area contributed by atoms with Crippen LogP contribution >= 0.6 is 0 Å². The van der Waals surface area contributed by atoms with Gasteiger partial charge in [-0.25, -0.2) is 4.39 Å². The SMILES string of the molecule is CC1=C(F)CCC(N)C1. The molecule has 0 saturated heterocycles. The molecule has 0 aliphatic heterocycles. The number of allylic oxidation sites excluding steroid dienone is 1. The van der Waals surface area contributed by atoms with Gasteiger partial charge in [-0.15, -0.1) is 0 Å². The van der Waals surface area contributed by atoms with Crippen LogP contribution in [0.5, 0.6) is 0 Å². The first-order chi connectivity index (χ1) is 4.20. The van der Waals surface area contributed by atoms with E-state index < -0.39 is 0 Å². The summed E-state index contributed by atoms with van der Waals surface area (Å²) in [7, 11) is 0. The van der Waals surface area contributed by atoms with Crippen LogP contribution in [0.15, 0.2) is 11.4 Å². The second kappa shape index (κ2) is 2.48. The van der Waals surface area contributed by atoms with E-state index in [1.54, 1.807) is 0 Å². The molecule has 52 valence electrons. The smallest absolute Gasteiger partial charge is 0.0989 e. The van der Waals surface area contributed by atoms with Crippen LogP contribution in [-0.2, 0) is 0 Å². The molecule has 1 rings (SSSR count). The maximum absolute atomic E-state index is 12.6. The Hall–Kier alpha value is -0.370. The van der Waals surface area contributed by atoms with Crippen molar-refractivity contribution >= 4 is 0 Å². The summed E-state index contributed by atoms with van der Waals surface area (Å²) in [6.45, 7) is 1.81. The second-order valence-electron chi connectivity index (χ2n) is 2.69. The van der Waals surface area contributed by atoms with Crippen LogP contribution in [0.4, 0.5) is 4.39 Å². The highest BCUT2D eigenvalue weighted by molar-refractivity contribution is 5.10. The van der Waals surface area contributed by atoms with Crippen molar-refractivity contribution < 1.29 is 4.39 Å². The summed E-state index contributed by atoms with van der Waals surface area (Å²) in [4.78, 5) is 0. The van der Waals surface area contributed by atoms with Crippen LogP contribution in [0.2, 0.25) is 0 Å². The van der Waals surface area contributed by atoms with Crippen molar-refractivity contribution in [2.75, 3.05) is 0 Å². The molecule has 0 aromatic heterocycles. The van der Waals surface area contributed by atoms with Gasteiger partial charge in [0.15, 0.2) is 0 Å². The molecule has 2 N–H and O–H groups in total. The third kappa shape index (κ3) is 1.52. The Morgan fingerprint density at radius 1 is 1.67 bits per heavy atom. The topological polar surface area (TPSA) is 26.0 Å². The van der Waals surface area contributed by atoms with E-state index in [1.165, 1.54) is 0 Å². The minimum absolute atomic E-state index is 0.0525. The molecule has 0 aromatic carbocycles. The first-order valence-electron chi connectivity index (χ1n) is 3.30. The number of halogens is 1. The minimum atomic E-state index is 0.0525. The first kappa shape index (κ1) is 6.75. The molecule has 0 radical (unpaired) electrons. The van der Waals surface area contributed by atoms with Gasteiger partial charge >= 0.3 is 0 Å². The predicted molar refractivity (Wildman–Crippen MR) is 35.6 cm³/mol. The van der Waals surface area contributed by atoms with Gasteiger partial charge in [0, 0.05) is 12.5 Å². The lowest BCUT2D eigenvalue weighted by atomic mass is 9.96. The summed E-state index contributed by atoms with van der Waals surface area (Å²) in [6.07, 6.45) is 2.10. The molecule has 0 fully saturated rings. The van der Waals surface area contributed by atoms with Gasteiger partial charge in [-0.2, -0.15) is 0 Å². The molecule has 1 aliphatic rings. The third-order valence-corrected chi connectivity index (χ3v) is 1.77. The quantitative estimate of drug-likeness (QED) is 0.529.